The molecule has 0 aliphatic carbocycles. The number of guanidine groups is 1. The van der Waals surface area contributed by atoms with Crippen molar-refractivity contribution in [3.63, 3.8) is 0 Å². The van der Waals surface area contributed by atoms with Crippen LogP contribution in [0.15, 0.2) is 4.99 Å². The van der Waals surface area contributed by atoms with Crippen LogP contribution < -0.4 is 5.32 Å². The fourth-order valence-corrected chi connectivity index (χ4v) is 3.44. The summed E-state index contributed by atoms with van der Waals surface area (Å²) in [5, 5.41) is 3.43. The van der Waals surface area contributed by atoms with Gasteiger partial charge in [0.05, 0.1) is 13.2 Å². The van der Waals surface area contributed by atoms with Crippen LogP contribution in [-0.4, -0.2) is 88.5 Å². The molecule has 26 heavy (non-hydrogen) atoms. The molecule has 2 aliphatic rings. The number of aliphatic imine (C=N–C) groups is 1. The summed E-state index contributed by atoms with van der Waals surface area (Å²) >= 11 is 0. The van der Waals surface area contributed by atoms with Crippen molar-refractivity contribution in [3.8, 4) is 0 Å². The van der Waals surface area contributed by atoms with Crippen LogP contribution in [0.2, 0.25) is 0 Å². The van der Waals surface area contributed by atoms with Gasteiger partial charge in [0.25, 0.3) is 0 Å². The standard InChI is InChI=1S/C19H38N4O2.HI/c1-3-20-19(22(2)11-6-18-7-14-24-15-8-18)21-9-4-5-10-23-12-16-25-17-13-23;/h18H,3-17H2,1-2H3,(H,20,21);1H. The zero-order chi connectivity index (χ0) is 17.7. The molecule has 0 bridgehead atoms. The molecule has 0 atom stereocenters. The van der Waals surface area contributed by atoms with Crippen LogP contribution in [0.1, 0.15) is 39.0 Å². The highest BCUT2D eigenvalue weighted by Crippen LogP contribution is 2.18. The second-order valence-corrected chi connectivity index (χ2v) is 7.16. The highest BCUT2D eigenvalue weighted by atomic mass is 127. The molecule has 0 unspecified atom stereocenters. The van der Waals surface area contributed by atoms with Gasteiger partial charge in [-0.15, -0.1) is 24.0 Å². The minimum absolute atomic E-state index is 0. The smallest absolute Gasteiger partial charge is 0.193 e. The van der Waals surface area contributed by atoms with Crippen molar-refractivity contribution in [2.75, 3.05) is 72.7 Å². The van der Waals surface area contributed by atoms with Crippen molar-refractivity contribution < 1.29 is 9.47 Å². The predicted octanol–water partition coefficient (Wildman–Crippen LogP) is 2.43. The van der Waals surface area contributed by atoms with Gasteiger partial charge in [0.2, 0.25) is 0 Å². The average Bonchev–Trinajstić information content (AvgIpc) is 2.66. The van der Waals surface area contributed by atoms with Gasteiger partial charge < -0.3 is 19.7 Å². The summed E-state index contributed by atoms with van der Waals surface area (Å²) < 4.78 is 10.8. The number of hydrogen-bond acceptors (Lipinski definition) is 4. The molecule has 0 aromatic heterocycles. The molecule has 2 saturated heterocycles. The lowest BCUT2D eigenvalue weighted by Crippen LogP contribution is -2.40. The number of halogens is 1. The summed E-state index contributed by atoms with van der Waals surface area (Å²) in [5.74, 6) is 1.87. The summed E-state index contributed by atoms with van der Waals surface area (Å²) in [4.78, 5) is 9.61. The second kappa shape index (κ2) is 14.9. The van der Waals surface area contributed by atoms with Crippen LogP contribution in [0.5, 0.6) is 0 Å². The predicted molar refractivity (Wildman–Crippen MR) is 119 cm³/mol. The van der Waals surface area contributed by atoms with E-state index in [0.717, 1.165) is 77.4 Å². The van der Waals surface area contributed by atoms with Crippen LogP contribution in [0.25, 0.3) is 0 Å². The third-order valence-electron chi connectivity index (χ3n) is 5.16. The van der Waals surface area contributed by atoms with Crippen molar-refractivity contribution >= 4 is 29.9 Å². The highest BCUT2D eigenvalue weighted by molar-refractivity contribution is 14.0. The van der Waals surface area contributed by atoms with E-state index < -0.39 is 0 Å². The fraction of sp³-hybridized carbons (Fsp3) is 0.947. The Morgan fingerprint density at radius 3 is 2.50 bits per heavy atom. The molecule has 0 aromatic carbocycles. The molecule has 6 nitrogen and oxygen atoms in total. The quantitative estimate of drug-likeness (QED) is 0.237. The Kier molecular flexibility index (Phi) is 13.7. The first-order valence-electron chi connectivity index (χ1n) is 10.2. The normalized spacial score (nSPS) is 19.8. The molecule has 0 saturated carbocycles. The number of nitrogens with one attached hydrogen (secondary N) is 1. The Hall–Kier alpha value is -0.120. The molecular weight excluding hydrogens is 443 g/mol. The molecule has 154 valence electrons. The molecule has 0 aromatic rings. The molecule has 2 fully saturated rings. The Labute approximate surface area is 177 Å². The van der Waals surface area contributed by atoms with Crippen LogP contribution in [0.4, 0.5) is 0 Å². The van der Waals surface area contributed by atoms with Crippen molar-refractivity contribution in [1.82, 2.24) is 15.1 Å². The number of rotatable bonds is 9. The van der Waals surface area contributed by atoms with Gasteiger partial charge in [-0.25, -0.2) is 0 Å². The van der Waals surface area contributed by atoms with Crippen molar-refractivity contribution in [2.45, 2.75) is 39.0 Å². The van der Waals surface area contributed by atoms with Crippen molar-refractivity contribution in [2.24, 2.45) is 10.9 Å². The molecule has 2 aliphatic heterocycles. The lowest BCUT2D eigenvalue weighted by Gasteiger charge is -2.27. The van der Waals surface area contributed by atoms with Gasteiger partial charge in [0, 0.05) is 53.0 Å². The first-order chi connectivity index (χ1) is 12.3. The molecule has 0 spiro atoms. The maximum Gasteiger partial charge on any atom is 0.193 e. The summed E-state index contributed by atoms with van der Waals surface area (Å²) in [6.07, 6.45) is 6.03. The van der Waals surface area contributed by atoms with E-state index in [9.17, 15) is 0 Å². The van der Waals surface area contributed by atoms with E-state index in [1.807, 2.05) is 0 Å². The number of morpholine rings is 1. The van der Waals surface area contributed by atoms with E-state index in [4.69, 9.17) is 14.5 Å². The van der Waals surface area contributed by atoms with Gasteiger partial charge in [0.1, 0.15) is 0 Å². The monoisotopic (exact) mass is 482 g/mol. The van der Waals surface area contributed by atoms with Crippen LogP contribution in [-0.2, 0) is 9.47 Å². The van der Waals surface area contributed by atoms with Gasteiger partial charge in [-0.05, 0) is 51.5 Å². The van der Waals surface area contributed by atoms with E-state index in [0.29, 0.717) is 0 Å². The summed E-state index contributed by atoms with van der Waals surface area (Å²) in [6, 6.07) is 0. The molecule has 0 amide bonds. The van der Waals surface area contributed by atoms with Crippen LogP contribution in [0, 0.1) is 5.92 Å². The summed E-state index contributed by atoms with van der Waals surface area (Å²) in [6.45, 7) is 12.0. The zero-order valence-electron chi connectivity index (χ0n) is 16.8. The zero-order valence-corrected chi connectivity index (χ0v) is 19.1. The second-order valence-electron chi connectivity index (χ2n) is 7.16. The number of ether oxygens (including phenoxy) is 2. The Bertz CT molecular complexity index is 373. The summed E-state index contributed by atoms with van der Waals surface area (Å²) in [5.41, 5.74) is 0. The lowest BCUT2D eigenvalue weighted by molar-refractivity contribution is 0.0373. The van der Waals surface area contributed by atoms with Gasteiger partial charge >= 0.3 is 0 Å². The molecule has 1 N–H and O–H groups in total. The third kappa shape index (κ3) is 9.71. The van der Waals surface area contributed by atoms with E-state index in [1.165, 1.54) is 32.2 Å². The first kappa shape index (κ1) is 23.9. The van der Waals surface area contributed by atoms with E-state index in [1.54, 1.807) is 0 Å². The lowest BCUT2D eigenvalue weighted by atomic mass is 9.96. The topological polar surface area (TPSA) is 49.3 Å². The number of hydrogen-bond donors (Lipinski definition) is 1. The minimum atomic E-state index is 0. The largest absolute Gasteiger partial charge is 0.381 e. The van der Waals surface area contributed by atoms with Gasteiger partial charge in [-0.1, -0.05) is 0 Å². The fourth-order valence-electron chi connectivity index (χ4n) is 3.44. The van der Waals surface area contributed by atoms with E-state index in [2.05, 4.69) is 29.1 Å². The molecular formula is C19H39IN4O2. The third-order valence-corrected chi connectivity index (χ3v) is 5.16. The summed E-state index contributed by atoms with van der Waals surface area (Å²) in [7, 11) is 2.16. The SMILES string of the molecule is CCNC(=NCCCCN1CCOCC1)N(C)CCC1CCOCC1.I. The minimum Gasteiger partial charge on any atom is -0.381 e. The molecule has 2 rings (SSSR count). The van der Waals surface area contributed by atoms with E-state index in [-0.39, 0.29) is 24.0 Å². The highest BCUT2D eigenvalue weighted by Gasteiger charge is 2.15. The maximum absolute atomic E-state index is 5.45. The average molecular weight is 482 g/mol. The van der Waals surface area contributed by atoms with Crippen molar-refractivity contribution in [3.05, 3.63) is 0 Å². The molecule has 0 radical (unpaired) electrons. The van der Waals surface area contributed by atoms with Gasteiger partial charge in [-0.3, -0.25) is 9.89 Å². The van der Waals surface area contributed by atoms with Gasteiger partial charge in [0.15, 0.2) is 5.96 Å². The Morgan fingerprint density at radius 2 is 1.81 bits per heavy atom. The molecule has 7 heteroatoms. The Morgan fingerprint density at radius 1 is 1.12 bits per heavy atom. The maximum atomic E-state index is 5.45. The van der Waals surface area contributed by atoms with Gasteiger partial charge in [-0.2, -0.15) is 0 Å². The van der Waals surface area contributed by atoms with Crippen molar-refractivity contribution in [1.29, 1.82) is 0 Å². The van der Waals surface area contributed by atoms with Crippen LogP contribution >= 0.6 is 24.0 Å². The Balaban J connectivity index is 0.00000338. The molecule has 2 heterocycles. The van der Waals surface area contributed by atoms with E-state index >= 15 is 0 Å². The number of nitrogens with zero attached hydrogens (tertiary/aromatic N) is 3. The first-order valence-corrected chi connectivity index (χ1v) is 10.2. The van der Waals surface area contributed by atoms with Crippen LogP contribution in [0.3, 0.4) is 0 Å². The number of unbranched alkanes of at least 4 members (excludes halogenated alkanes) is 1.